The van der Waals surface area contributed by atoms with Crippen molar-refractivity contribution in [3.63, 3.8) is 0 Å². The maximum atomic E-state index is 11.4. The number of fused-ring (bicyclic) bond motifs is 1. The number of nitrogens with two attached hydrogens (primary N) is 1. The summed E-state index contributed by atoms with van der Waals surface area (Å²) in [7, 11) is 2.08. The first-order chi connectivity index (χ1) is 9.02. The van der Waals surface area contributed by atoms with Crippen LogP contribution in [0.25, 0.3) is 0 Å². The number of nitrogens with zero attached hydrogens (tertiary/aromatic N) is 1. The van der Waals surface area contributed by atoms with Crippen LogP contribution in [0.1, 0.15) is 25.8 Å². The SMILES string of the molecule is CC(C)C(CN)N(C)c1ccc2c(c1)CCC(=O)N2. The van der Waals surface area contributed by atoms with Crippen LogP contribution in [0.4, 0.5) is 11.4 Å². The van der Waals surface area contributed by atoms with Crippen molar-refractivity contribution < 1.29 is 4.79 Å². The fourth-order valence-corrected chi connectivity index (χ4v) is 2.66. The summed E-state index contributed by atoms with van der Waals surface area (Å²) < 4.78 is 0. The molecule has 1 aromatic carbocycles. The molecule has 0 aromatic heterocycles. The summed E-state index contributed by atoms with van der Waals surface area (Å²) in [4.78, 5) is 13.6. The third kappa shape index (κ3) is 2.89. The quantitative estimate of drug-likeness (QED) is 0.871. The molecule has 0 saturated heterocycles. The Hall–Kier alpha value is -1.55. The van der Waals surface area contributed by atoms with Crippen molar-refractivity contribution in [1.82, 2.24) is 0 Å². The minimum absolute atomic E-state index is 0.107. The van der Waals surface area contributed by atoms with Crippen LogP contribution in [-0.2, 0) is 11.2 Å². The highest BCUT2D eigenvalue weighted by atomic mass is 16.1. The van der Waals surface area contributed by atoms with Gasteiger partial charge in [0, 0.05) is 37.4 Å². The first-order valence-corrected chi connectivity index (χ1v) is 6.88. The molecule has 1 aliphatic rings. The fourth-order valence-electron chi connectivity index (χ4n) is 2.66. The molecule has 1 aliphatic heterocycles. The lowest BCUT2D eigenvalue weighted by Crippen LogP contribution is -2.41. The molecule has 1 amide bonds. The zero-order valence-corrected chi connectivity index (χ0v) is 11.9. The molecule has 1 aromatic rings. The average Bonchev–Trinajstić information content (AvgIpc) is 2.38. The molecule has 0 aliphatic carbocycles. The Morgan fingerprint density at radius 2 is 2.11 bits per heavy atom. The first-order valence-electron chi connectivity index (χ1n) is 6.88. The molecular weight excluding hydrogens is 238 g/mol. The van der Waals surface area contributed by atoms with Crippen LogP contribution in [0.15, 0.2) is 18.2 Å². The number of hydrogen-bond donors (Lipinski definition) is 2. The van der Waals surface area contributed by atoms with Crippen LogP contribution in [0.3, 0.4) is 0 Å². The van der Waals surface area contributed by atoms with Crippen molar-refractivity contribution >= 4 is 17.3 Å². The maximum Gasteiger partial charge on any atom is 0.224 e. The lowest BCUT2D eigenvalue weighted by atomic mass is 9.99. The molecule has 4 nitrogen and oxygen atoms in total. The molecule has 1 unspecified atom stereocenters. The van der Waals surface area contributed by atoms with Gasteiger partial charge in [0.05, 0.1) is 0 Å². The molecule has 3 N–H and O–H groups in total. The highest BCUT2D eigenvalue weighted by Gasteiger charge is 2.20. The molecule has 1 atom stereocenters. The predicted octanol–water partition coefficient (Wildman–Crippen LogP) is 1.99. The van der Waals surface area contributed by atoms with Gasteiger partial charge in [-0.2, -0.15) is 0 Å². The Bertz CT molecular complexity index is 470. The number of anilines is 2. The number of nitrogens with one attached hydrogen (secondary N) is 1. The Kier molecular flexibility index (Phi) is 4.10. The van der Waals surface area contributed by atoms with Crippen LogP contribution in [0.5, 0.6) is 0 Å². The van der Waals surface area contributed by atoms with Crippen molar-refractivity contribution in [2.24, 2.45) is 11.7 Å². The molecule has 0 saturated carbocycles. The molecule has 4 heteroatoms. The molecule has 104 valence electrons. The Morgan fingerprint density at radius 1 is 1.37 bits per heavy atom. The van der Waals surface area contributed by atoms with Gasteiger partial charge in [-0.05, 0) is 36.1 Å². The Labute approximate surface area is 115 Å². The highest BCUT2D eigenvalue weighted by Crippen LogP contribution is 2.28. The summed E-state index contributed by atoms with van der Waals surface area (Å²) in [5.41, 5.74) is 9.19. The second-order valence-electron chi connectivity index (χ2n) is 5.55. The number of likely N-dealkylation sites (N-methyl/N-ethyl adjacent to an activating group) is 1. The third-order valence-corrected chi connectivity index (χ3v) is 3.90. The molecule has 1 heterocycles. The molecule has 0 radical (unpaired) electrons. The standard InChI is InChI=1S/C15H23N3O/c1-10(2)14(9-16)18(3)12-5-6-13-11(8-12)4-7-15(19)17-13/h5-6,8,10,14H,4,7,9,16H2,1-3H3,(H,17,19). The average molecular weight is 261 g/mol. The summed E-state index contributed by atoms with van der Waals surface area (Å²) in [6, 6.07) is 6.54. The molecule has 0 fully saturated rings. The van der Waals surface area contributed by atoms with Gasteiger partial charge in [0.1, 0.15) is 0 Å². The molecule has 19 heavy (non-hydrogen) atoms. The van der Waals surface area contributed by atoms with Gasteiger partial charge in [0.2, 0.25) is 5.91 Å². The van der Waals surface area contributed by atoms with Crippen LogP contribution in [-0.4, -0.2) is 25.5 Å². The summed E-state index contributed by atoms with van der Waals surface area (Å²) in [6.07, 6.45) is 1.39. The lowest BCUT2D eigenvalue weighted by Gasteiger charge is -2.33. The van der Waals surface area contributed by atoms with E-state index in [4.69, 9.17) is 5.73 Å². The molecule has 0 spiro atoms. The van der Waals surface area contributed by atoms with Crippen molar-refractivity contribution in [3.05, 3.63) is 23.8 Å². The number of benzene rings is 1. The first kappa shape index (κ1) is 13.9. The maximum absolute atomic E-state index is 11.4. The minimum atomic E-state index is 0.107. The number of carbonyl (C=O) groups excluding carboxylic acids is 1. The second kappa shape index (κ2) is 5.61. The monoisotopic (exact) mass is 261 g/mol. The number of aryl methyl sites for hydroxylation is 1. The largest absolute Gasteiger partial charge is 0.370 e. The summed E-state index contributed by atoms with van der Waals surface area (Å²) in [5.74, 6) is 0.612. The van der Waals surface area contributed by atoms with Crippen molar-refractivity contribution in [1.29, 1.82) is 0 Å². The van der Waals surface area contributed by atoms with Crippen LogP contribution >= 0.6 is 0 Å². The van der Waals surface area contributed by atoms with Gasteiger partial charge < -0.3 is 16.0 Å². The summed E-state index contributed by atoms with van der Waals surface area (Å²) in [6.45, 7) is 5.02. The predicted molar refractivity (Wildman–Crippen MR) is 79.5 cm³/mol. The Morgan fingerprint density at radius 3 is 2.74 bits per heavy atom. The normalized spacial score (nSPS) is 15.9. The smallest absolute Gasteiger partial charge is 0.224 e. The third-order valence-electron chi connectivity index (χ3n) is 3.90. The van der Waals surface area contributed by atoms with Gasteiger partial charge >= 0.3 is 0 Å². The number of rotatable bonds is 4. The molecular formula is C15H23N3O. The van der Waals surface area contributed by atoms with Crippen molar-refractivity contribution in [2.75, 3.05) is 23.8 Å². The van der Waals surface area contributed by atoms with E-state index in [0.717, 1.165) is 12.1 Å². The molecule has 2 rings (SSSR count). The van der Waals surface area contributed by atoms with Crippen molar-refractivity contribution in [2.45, 2.75) is 32.7 Å². The fraction of sp³-hybridized carbons (Fsp3) is 0.533. The van der Waals surface area contributed by atoms with Crippen molar-refractivity contribution in [3.8, 4) is 0 Å². The Balaban J connectivity index is 2.24. The van der Waals surface area contributed by atoms with Crippen LogP contribution in [0, 0.1) is 5.92 Å². The van der Waals surface area contributed by atoms with Crippen LogP contribution in [0.2, 0.25) is 0 Å². The van der Waals surface area contributed by atoms with E-state index in [1.807, 2.05) is 6.07 Å². The second-order valence-corrected chi connectivity index (χ2v) is 5.55. The zero-order chi connectivity index (χ0) is 14.0. The van der Waals surface area contributed by atoms with E-state index in [2.05, 4.69) is 43.2 Å². The summed E-state index contributed by atoms with van der Waals surface area (Å²) >= 11 is 0. The summed E-state index contributed by atoms with van der Waals surface area (Å²) in [5, 5.41) is 2.91. The highest BCUT2D eigenvalue weighted by molar-refractivity contribution is 5.94. The van der Waals surface area contributed by atoms with E-state index in [1.54, 1.807) is 0 Å². The van der Waals surface area contributed by atoms with E-state index >= 15 is 0 Å². The number of hydrogen-bond acceptors (Lipinski definition) is 3. The van der Waals surface area contributed by atoms with E-state index in [0.29, 0.717) is 24.9 Å². The minimum Gasteiger partial charge on any atom is -0.370 e. The van der Waals surface area contributed by atoms with Gasteiger partial charge in [-0.15, -0.1) is 0 Å². The topological polar surface area (TPSA) is 58.4 Å². The van der Waals surface area contributed by atoms with E-state index in [-0.39, 0.29) is 5.91 Å². The van der Waals surface area contributed by atoms with Gasteiger partial charge in [0.25, 0.3) is 0 Å². The lowest BCUT2D eigenvalue weighted by molar-refractivity contribution is -0.116. The number of amides is 1. The van der Waals surface area contributed by atoms with Gasteiger partial charge in [-0.25, -0.2) is 0 Å². The van der Waals surface area contributed by atoms with Gasteiger partial charge in [0.15, 0.2) is 0 Å². The zero-order valence-electron chi connectivity index (χ0n) is 11.9. The van der Waals surface area contributed by atoms with E-state index < -0.39 is 0 Å². The number of carbonyl (C=O) groups is 1. The van der Waals surface area contributed by atoms with Gasteiger partial charge in [-0.3, -0.25) is 4.79 Å². The van der Waals surface area contributed by atoms with E-state index in [9.17, 15) is 4.79 Å². The molecule has 0 bridgehead atoms. The van der Waals surface area contributed by atoms with Gasteiger partial charge in [-0.1, -0.05) is 13.8 Å². The van der Waals surface area contributed by atoms with Crippen LogP contribution < -0.4 is 16.0 Å². The van der Waals surface area contributed by atoms with E-state index in [1.165, 1.54) is 11.3 Å².